The Morgan fingerprint density at radius 3 is 2.91 bits per heavy atom. The number of nitrogens with zero attached hydrogens (tertiary/aromatic N) is 1. The molecule has 2 N–H and O–H groups in total. The third-order valence-electron chi connectivity index (χ3n) is 3.72. The van der Waals surface area contributed by atoms with Crippen molar-refractivity contribution >= 4 is 47.3 Å². The highest BCUT2D eigenvalue weighted by atomic mass is 35.5. The lowest BCUT2D eigenvalue weighted by molar-refractivity contribution is -0.128. The summed E-state index contributed by atoms with van der Waals surface area (Å²) in [4.78, 5) is 12.1. The molecule has 0 bridgehead atoms. The van der Waals surface area contributed by atoms with Gasteiger partial charge in [-0.05, 0) is 30.7 Å². The molecule has 1 atom stereocenters. The zero-order valence-corrected chi connectivity index (χ0v) is 14.7. The molecule has 2 aromatic rings. The Kier molecular flexibility index (Phi) is 7.85. The number of hydrogen-bond donors (Lipinski definition) is 2. The standard InChI is InChI=1S/C16H21N3O2.2ClH/c1-2-7-19-8-5-12-10-13(3-4-14(12)19)18-16(20)15-11-17-6-9-21-15;;/h3-5,8,10,15,17H,2,6-7,9,11H2,1H3,(H,18,20);2*1H. The number of aromatic nitrogens is 1. The maximum absolute atomic E-state index is 12.1. The third kappa shape index (κ3) is 4.61. The van der Waals surface area contributed by atoms with Crippen LogP contribution in [0.3, 0.4) is 0 Å². The molecule has 23 heavy (non-hydrogen) atoms. The van der Waals surface area contributed by atoms with Gasteiger partial charge < -0.3 is 19.9 Å². The van der Waals surface area contributed by atoms with E-state index in [2.05, 4.69) is 40.5 Å². The molecular weight excluding hydrogens is 337 g/mol. The summed E-state index contributed by atoms with van der Waals surface area (Å²) in [5.74, 6) is -0.0884. The Morgan fingerprint density at radius 1 is 1.39 bits per heavy atom. The van der Waals surface area contributed by atoms with E-state index in [1.54, 1.807) is 0 Å². The van der Waals surface area contributed by atoms with E-state index in [0.717, 1.165) is 30.6 Å². The van der Waals surface area contributed by atoms with Crippen LogP contribution in [-0.4, -0.2) is 36.3 Å². The van der Waals surface area contributed by atoms with Gasteiger partial charge in [0.2, 0.25) is 0 Å². The van der Waals surface area contributed by atoms with Gasteiger partial charge in [-0.3, -0.25) is 4.79 Å². The lowest BCUT2D eigenvalue weighted by Gasteiger charge is -2.22. The zero-order valence-electron chi connectivity index (χ0n) is 13.1. The molecule has 3 rings (SSSR count). The van der Waals surface area contributed by atoms with Crippen LogP contribution >= 0.6 is 24.8 Å². The molecule has 1 aromatic heterocycles. The van der Waals surface area contributed by atoms with Crippen LogP contribution in [0.25, 0.3) is 10.9 Å². The van der Waals surface area contributed by atoms with Crippen LogP contribution in [0, 0.1) is 0 Å². The van der Waals surface area contributed by atoms with Gasteiger partial charge >= 0.3 is 0 Å². The Bertz CT molecular complexity index is 639. The summed E-state index contributed by atoms with van der Waals surface area (Å²) in [6, 6.07) is 8.10. The quantitative estimate of drug-likeness (QED) is 0.882. The normalized spacial score (nSPS) is 17.2. The minimum atomic E-state index is -0.404. The first-order valence-corrected chi connectivity index (χ1v) is 7.50. The molecule has 5 nitrogen and oxygen atoms in total. The minimum Gasteiger partial charge on any atom is -0.366 e. The fourth-order valence-corrected chi connectivity index (χ4v) is 2.67. The molecule has 1 saturated heterocycles. The fourth-order valence-electron chi connectivity index (χ4n) is 2.67. The number of nitrogens with one attached hydrogen (secondary N) is 2. The van der Waals surface area contributed by atoms with Crippen molar-refractivity contribution in [3.8, 4) is 0 Å². The van der Waals surface area contributed by atoms with E-state index in [0.29, 0.717) is 13.2 Å². The van der Waals surface area contributed by atoms with E-state index >= 15 is 0 Å². The summed E-state index contributed by atoms with van der Waals surface area (Å²) >= 11 is 0. The molecule has 1 aliphatic heterocycles. The maximum atomic E-state index is 12.1. The van der Waals surface area contributed by atoms with Gasteiger partial charge in [0.05, 0.1) is 6.61 Å². The number of benzene rings is 1. The summed E-state index contributed by atoms with van der Waals surface area (Å²) in [6.45, 7) is 5.13. The van der Waals surface area contributed by atoms with E-state index in [4.69, 9.17) is 4.74 Å². The molecule has 7 heteroatoms. The Balaban J connectivity index is 0.00000132. The van der Waals surface area contributed by atoms with Crippen LogP contribution in [0.4, 0.5) is 5.69 Å². The number of aryl methyl sites for hydroxylation is 1. The highest BCUT2D eigenvalue weighted by Gasteiger charge is 2.21. The zero-order chi connectivity index (χ0) is 14.7. The van der Waals surface area contributed by atoms with Crippen molar-refractivity contribution in [3.63, 3.8) is 0 Å². The summed E-state index contributed by atoms with van der Waals surface area (Å²) in [7, 11) is 0. The molecule has 0 radical (unpaired) electrons. The van der Waals surface area contributed by atoms with E-state index < -0.39 is 6.10 Å². The van der Waals surface area contributed by atoms with Gasteiger partial charge in [0.25, 0.3) is 5.91 Å². The average molecular weight is 360 g/mol. The van der Waals surface area contributed by atoms with Crippen LogP contribution < -0.4 is 10.6 Å². The van der Waals surface area contributed by atoms with Crippen LogP contribution in [0.15, 0.2) is 30.5 Å². The number of fused-ring (bicyclic) bond motifs is 1. The molecule has 2 heterocycles. The average Bonchev–Trinajstić information content (AvgIpc) is 2.91. The van der Waals surface area contributed by atoms with Crippen LogP contribution in [0.5, 0.6) is 0 Å². The van der Waals surface area contributed by atoms with Crippen LogP contribution in [0.2, 0.25) is 0 Å². The minimum absolute atomic E-state index is 0. The Morgan fingerprint density at radius 2 is 2.22 bits per heavy atom. The lowest BCUT2D eigenvalue weighted by Crippen LogP contribution is -2.45. The molecule has 1 fully saturated rings. The SMILES string of the molecule is CCCn1ccc2cc(NC(=O)C3CNCCO3)ccc21.Cl.Cl. The second-order valence-electron chi connectivity index (χ2n) is 5.34. The van der Waals surface area contributed by atoms with Crippen molar-refractivity contribution in [1.29, 1.82) is 0 Å². The summed E-state index contributed by atoms with van der Waals surface area (Å²) in [6.07, 6.45) is 2.79. The van der Waals surface area contributed by atoms with Gasteiger partial charge in [0.15, 0.2) is 0 Å². The first kappa shape index (κ1) is 19.8. The number of ether oxygens (including phenoxy) is 1. The fraction of sp³-hybridized carbons (Fsp3) is 0.438. The van der Waals surface area contributed by atoms with E-state index in [9.17, 15) is 4.79 Å². The number of anilines is 1. The summed E-state index contributed by atoms with van der Waals surface area (Å²) in [5.41, 5.74) is 2.02. The van der Waals surface area contributed by atoms with Gasteiger partial charge in [0.1, 0.15) is 6.10 Å². The highest BCUT2D eigenvalue weighted by Crippen LogP contribution is 2.21. The highest BCUT2D eigenvalue weighted by molar-refractivity contribution is 5.96. The molecule has 0 aliphatic carbocycles. The van der Waals surface area contributed by atoms with Crippen molar-refractivity contribution in [2.75, 3.05) is 25.0 Å². The van der Waals surface area contributed by atoms with Crippen LogP contribution in [0.1, 0.15) is 13.3 Å². The van der Waals surface area contributed by atoms with Gasteiger partial charge in [-0.25, -0.2) is 0 Å². The van der Waals surface area contributed by atoms with Crippen molar-refractivity contribution < 1.29 is 9.53 Å². The van der Waals surface area contributed by atoms with Gasteiger partial charge in [-0.15, -0.1) is 24.8 Å². The second-order valence-corrected chi connectivity index (χ2v) is 5.34. The largest absolute Gasteiger partial charge is 0.366 e. The number of carbonyl (C=O) groups excluding carboxylic acids is 1. The number of rotatable bonds is 4. The van der Waals surface area contributed by atoms with Crippen molar-refractivity contribution in [1.82, 2.24) is 9.88 Å². The molecular formula is C16H23Cl2N3O2. The number of halogens is 2. The smallest absolute Gasteiger partial charge is 0.254 e. The first-order valence-electron chi connectivity index (χ1n) is 7.50. The molecule has 0 spiro atoms. The van der Waals surface area contributed by atoms with Crippen molar-refractivity contribution in [2.45, 2.75) is 26.0 Å². The van der Waals surface area contributed by atoms with Gasteiger partial charge in [-0.2, -0.15) is 0 Å². The monoisotopic (exact) mass is 359 g/mol. The van der Waals surface area contributed by atoms with E-state index in [-0.39, 0.29) is 30.7 Å². The number of carbonyl (C=O) groups is 1. The molecule has 1 aliphatic rings. The van der Waals surface area contributed by atoms with E-state index in [1.165, 1.54) is 5.52 Å². The topological polar surface area (TPSA) is 55.3 Å². The van der Waals surface area contributed by atoms with Crippen molar-refractivity contribution in [2.24, 2.45) is 0 Å². The third-order valence-corrected chi connectivity index (χ3v) is 3.72. The van der Waals surface area contributed by atoms with Gasteiger partial charge in [-0.1, -0.05) is 6.92 Å². The Labute approximate surface area is 148 Å². The van der Waals surface area contributed by atoms with Crippen LogP contribution in [-0.2, 0) is 16.1 Å². The number of morpholine rings is 1. The first-order chi connectivity index (χ1) is 10.3. The predicted molar refractivity (Wildman–Crippen MR) is 98.0 cm³/mol. The number of hydrogen-bond acceptors (Lipinski definition) is 3. The molecule has 1 unspecified atom stereocenters. The number of amides is 1. The predicted octanol–water partition coefficient (Wildman–Crippen LogP) is 2.82. The second kappa shape index (κ2) is 9.13. The molecule has 128 valence electrons. The molecule has 1 amide bonds. The molecule has 1 aromatic carbocycles. The van der Waals surface area contributed by atoms with Gasteiger partial charge in [0, 0.05) is 42.4 Å². The molecule has 0 saturated carbocycles. The summed E-state index contributed by atoms with van der Waals surface area (Å²) in [5, 5.41) is 7.23. The lowest BCUT2D eigenvalue weighted by atomic mass is 10.2. The van der Waals surface area contributed by atoms with Crippen molar-refractivity contribution in [3.05, 3.63) is 30.5 Å². The maximum Gasteiger partial charge on any atom is 0.254 e. The van der Waals surface area contributed by atoms with E-state index in [1.807, 2.05) is 12.1 Å². The Hall–Kier alpha value is -1.27. The summed E-state index contributed by atoms with van der Waals surface area (Å²) < 4.78 is 7.69.